The number of rotatable bonds is 4. The minimum Gasteiger partial charge on any atom is -0.290 e. The first-order chi connectivity index (χ1) is 14.7. The van der Waals surface area contributed by atoms with Crippen LogP contribution in [0.5, 0.6) is 0 Å². The largest absolute Gasteiger partial charge is 0.290 e. The van der Waals surface area contributed by atoms with Crippen LogP contribution in [0.3, 0.4) is 0 Å². The van der Waals surface area contributed by atoms with Gasteiger partial charge < -0.3 is 0 Å². The molecular weight excluding hydrogens is 445 g/mol. The van der Waals surface area contributed by atoms with Crippen LogP contribution < -0.4 is 0 Å². The maximum absolute atomic E-state index is 5.88. The van der Waals surface area contributed by atoms with Gasteiger partial charge >= 0.3 is 0 Å². The molecular formula is C24H36N2S4. The Morgan fingerprint density at radius 3 is 1.37 bits per heavy atom. The van der Waals surface area contributed by atoms with Crippen LogP contribution in [0.25, 0.3) is 0 Å². The Hall–Kier alpha value is 0.220. The van der Waals surface area contributed by atoms with E-state index in [0.717, 1.165) is 21.2 Å². The molecule has 0 spiro atoms. The number of aliphatic imine (C=N–C) groups is 2. The molecule has 0 saturated heterocycles. The average molecular weight is 481 g/mol. The van der Waals surface area contributed by atoms with E-state index in [2.05, 4.69) is 0 Å². The predicted octanol–water partition coefficient (Wildman–Crippen LogP) is 8.17. The first-order valence-electron chi connectivity index (χ1n) is 12.3. The molecule has 0 aromatic rings. The van der Waals surface area contributed by atoms with E-state index in [1.807, 2.05) is 0 Å². The molecule has 0 aromatic carbocycles. The van der Waals surface area contributed by atoms with Gasteiger partial charge in [-0.1, -0.05) is 63.0 Å². The van der Waals surface area contributed by atoms with E-state index in [1.165, 1.54) is 101 Å². The molecule has 0 amide bonds. The summed E-state index contributed by atoms with van der Waals surface area (Å²) in [6.45, 7) is 0. The van der Waals surface area contributed by atoms with Crippen LogP contribution in [0.15, 0.2) is 9.98 Å². The van der Waals surface area contributed by atoms with Crippen LogP contribution in [0.2, 0.25) is 0 Å². The third-order valence-corrected chi connectivity index (χ3v) is 11.3. The lowest BCUT2D eigenvalue weighted by Crippen LogP contribution is -2.20. The Kier molecular flexibility index (Phi) is 9.27. The SMILES string of the molecule is S=C(SSC(=S)[C@@H]1CCCC1=NC1CCCCC1)[C@H]1CCCC1=NC1CCCCC1. The van der Waals surface area contributed by atoms with Crippen molar-refractivity contribution in [2.24, 2.45) is 21.8 Å². The molecule has 4 saturated carbocycles. The van der Waals surface area contributed by atoms with Gasteiger partial charge in [-0.25, -0.2) is 0 Å². The summed E-state index contributed by atoms with van der Waals surface area (Å²) in [5.41, 5.74) is 2.79. The molecule has 4 aliphatic carbocycles. The molecule has 4 aliphatic rings. The highest BCUT2D eigenvalue weighted by Gasteiger charge is 2.31. The zero-order chi connectivity index (χ0) is 20.8. The molecule has 0 aliphatic heterocycles. The summed E-state index contributed by atoms with van der Waals surface area (Å²) in [4.78, 5) is 10.3. The molecule has 4 rings (SSSR count). The van der Waals surface area contributed by atoms with Crippen LogP contribution in [0.4, 0.5) is 0 Å². The minimum absolute atomic E-state index is 0.404. The Morgan fingerprint density at radius 1 is 0.567 bits per heavy atom. The van der Waals surface area contributed by atoms with E-state index < -0.39 is 0 Å². The van der Waals surface area contributed by atoms with Crippen molar-refractivity contribution in [3.63, 3.8) is 0 Å². The molecule has 30 heavy (non-hydrogen) atoms. The van der Waals surface area contributed by atoms with E-state index in [0.29, 0.717) is 23.9 Å². The van der Waals surface area contributed by atoms with Gasteiger partial charge in [-0.15, -0.1) is 0 Å². The fourth-order valence-electron chi connectivity index (χ4n) is 5.56. The summed E-state index contributed by atoms with van der Waals surface area (Å²) in [7, 11) is 3.51. The van der Waals surface area contributed by atoms with Crippen molar-refractivity contribution in [3.05, 3.63) is 0 Å². The minimum atomic E-state index is 0.404. The highest BCUT2D eigenvalue weighted by atomic mass is 33.1. The summed E-state index contributed by atoms with van der Waals surface area (Å²) in [6, 6.07) is 1.13. The van der Waals surface area contributed by atoms with Crippen LogP contribution in [0.1, 0.15) is 103 Å². The van der Waals surface area contributed by atoms with Gasteiger partial charge in [-0.3, -0.25) is 9.98 Å². The average Bonchev–Trinajstić information content (AvgIpc) is 3.43. The zero-order valence-electron chi connectivity index (χ0n) is 18.2. The molecule has 4 fully saturated rings. The van der Waals surface area contributed by atoms with E-state index in [4.69, 9.17) is 34.4 Å². The van der Waals surface area contributed by atoms with E-state index in [9.17, 15) is 0 Å². The molecule has 0 bridgehead atoms. The highest BCUT2D eigenvalue weighted by molar-refractivity contribution is 8.89. The smallest absolute Gasteiger partial charge is 0.0677 e. The van der Waals surface area contributed by atoms with Gasteiger partial charge in [-0.2, -0.15) is 0 Å². The molecule has 0 heterocycles. The highest BCUT2D eigenvalue weighted by Crippen LogP contribution is 2.40. The number of thiocarbonyl (C=S) groups is 2. The predicted molar refractivity (Wildman–Crippen MR) is 144 cm³/mol. The second kappa shape index (κ2) is 11.9. The maximum atomic E-state index is 5.88. The summed E-state index contributed by atoms with van der Waals surface area (Å²) in [5.74, 6) is 0.808. The third kappa shape index (κ3) is 6.39. The van der Waals surface area contributed by atoms with Gasteiger partial charge in [0.2, 0.25) is 0 Å². The van der Waals surface area contributed by atoms with Gasteiger partial charge in [0.1, 0.15) is 0 Å². The summed E-state index contributed by atoms with van der Waals surface area (Å²) in [5, 5.41) is 0. The quantitative estimate of drug-likeness (QED) is 0.299. The normalized spacial score (nSPS) is 31.6. The first kappa shape index (κ1) is 23.4. The number of hydrogen-bond acceptors (Lipinski definition) is 6. The Labute approximate surface area is 201 Å². The lowest BCUT2D eigenvalue weighted by Gasteiger charge is -2.21. The van der Waals surface area contributed by atoms with Crippen molar-refractivity contribution in [1.29, 1.82) is 0 Å². The standard InChI is InChI=1S/C24H36N2S4/c27-23(19-13-7-15-21(19)25-17-9-3-1-4-10-17)29-30-24(28)20-14-8-16-22(20)26-18-11-5-2-6-12-18/h17-20H,1-16H2/t19-,20+. The Morgan fingerprint density at radius 2 is 0.967 bits per heavy atom. The summed E-state index contributed by atoms with van der Waals surface area (Å²) < 4.78 is 2.22. The topological polar surface area (TPSA) is 24.7 Å². The van der Waals surface area contributed by atoms with E-state index >= 15 is 0 Å². The number of hydrogen-bond donors (Lipinski definition) is 0. The zero-order valence-corrected chi connectivity index (χ0v) is 21.4. The second-order valence-corrected chi connectivity index (χ2v) is 13.1. The van der Waals surface area contributed by atoms with E-state index in [-0.39, 0.29) is 0 Å². The van der Waals surface area contributed by atoms with Crippen molar-refractivity contribution < 1.29 is 0 Å². The molecule has 166 valence electrons. The summed E-state index contributed by atoms with van der Waals surface area (Å²) in [6.07, 6.45) is 20.4. The van der Waals surface area contributed by atoms with Crippen LogP contribution in [-0.4, -0.2) is 31.9 Å². The van der Waals surface area contributed by atoms with Crippen LogP contribution in [0, 0.1) is 11.8 Å². The first-order valence-corrected chi connectivity index (χ1v) is 15.2. The lowest BCUT2D eigenvalue weighted by molar-refractivity contribution is 0.442. The fraction of sp³-hybridized carbons (Fsp3) is 0.833. The van der Waals surface area contributed by atoms with Crippen molar-refractivity contribution in [3.8, 4) is 0 Å². The van der Waals surface area contributed by atoms with Crippen molar-refractivity contribution in [2.45, 2.75) is 115 Å². The Bertz CT molecular complexity index is 617. The van der Waals surface area contributed by atoms with Crippen molar-refractivity contribution in [1.82, 2.24) is 0 Å². The van der Waals surface area contributed by atoms with Crippen molar-refractivity contribution in [2.75, 3.05) is 0 Å². The van der Waals surface area contributed by atoms with Crippen LogP contribution >= 0.6 is 46.0 Å². The molecule has 2 atom stereocenters. The lowest BCUT2D eigenvalue weighted by atomic mass is 9.95. The maximum Gasteiger partial charge on any atom is 0.0677 e. The third-order valence-electron chi connectivity index (χ3n) is 7.28. The molecule has 0 unspecified atom stereocenters. The summed E-state index contributed by atoms with van der Waals surface area (Å²) >= 11 is 11.8. The monoisotopic (exact) mass is 480 g/mol. The van der Waals surface area contributed by atoms with Crippen LogP contribution in [-0.2, 0) is 0 Å². The van der Waals surface area contributed by atoms with Gasteiger partial charge in [-0.05, 0) is 85.8 Å². The van der Waals surface area contributed by atoms with Gasteiger partial charge in [0.25, 0.3) is 0 Å². The van der Waals surface area contributed by atoms with E-state index in [1.54, 1.807) is 21.6 Å². The van der Waals surface area contributed by atoms with Gasteiger partial charge in [0, 0.05) is 35.3 Å². The molecule has 0 aromatic heterocycles. The Balaban J connectivity index is 1.29. The fourth-order valence-corrected chi connectivity index (χ4v) is 8.77. The van der Waals surface area contributed by atoms with Gasteiger partial charge in [0.15, 0.2) is 0 Å². The molecule has 0 radical (unpaired) electrons. The second-order valence-electron chi connectivity index (χ2n) is 9.52. The molecule has 6 heteroatoms. The number of nitrogens with zero attached hydrogens (tertiary/aromatic N) is 2. The van der Waals surface area contributed by atoms with Gasteiger partial charge in [0.05, 0.1) is 8.39 Å². The molecule has 0 N–H and O–H groups in total. The van der Waals surface area contributed by atoms with Crippen molar-refractivity contribution >= 4 is 65.8 Å². The molecule has 2 nitrogen and oxygen atoms in total.